The van der Waals surface area contributed by atoms with E-state index < -0.39 is 21.5 Å². The second-order valence-electron chi connectivity index (χ2n) is 7.61. The van der Waals surface area contributed by atoms with E-state index in [4.69, 9.17) is 0 Å². The maximum Gasteiger partial charge on any atom is 0.244 e. The summed E-state index contributed by atoms with van der Waals surface area (Å²) in [6.45, 7) is 10.8. The minimum absolute atomic E-state index is 0.162. The Labute approximate surface area is 188 Å². The largest absolute Gasteiger partial charge is 0.302 e. The first-order valence-electron chi connectivity index (χ1n) is 10.4. The summed E-state index contributed by atoms with van der Waals surface area (Å²) in [5.74, 6) is -1.04. The van der Waals surface area contributed by atoms with Crippen molar-refractivity contribution < 1.29 is 13.2 Å². The molecule has 1 amide bonds. The van der Waals surface area contributed by atoms with Crippen LogP contribution in [0.4, 0.5) is 5.13 Å². The molecule has 0 aliphatic heterocycles. The topological polar surface area (TPSA) is 70.6 Å². The quantitative estimate of drug-likeness (QED) is 0.483. The Kier molecular flexibility index (Phi) is 7.46. The highest BCUT2D eigenvalue weighted by Crippen LogP contribution is 2.30. The van der Waals surface area contributed by atoms with Crippen LogP contribution in [0.5, 0.6) is 0 Å². The van der Waals surface area contributed by atoms with E-state index in [1.54, 1.807) is 24.3 Å². The van der Waals surface area contributed by atoms with Crippen LogP contribution < -0.4 is 4.90 Å². The molecule has 0 aliphatic carbocycles. The third-order valence-electron chi connectivity index (χ3n) is 5.29. The van der Waals surface area contributed by atoms with E-state index in [1.165, 1.54) is 16.2 Å². The summed E-state index contributed by atoms with van der Waals surface area (Å²) in [4.78, 5) is 21.8. The zero-order chi connectivity index (χ0) is 22.6. The number of carbonyl (C=O) groups excluding carboxylic acids is 1. The fourth-order valence-corrected chi connectivity index (χ4v) is 5.62. The van der Waals surface area contributed by atoms with Gasteiger partial charge in [0.15, 0.2) is 15.0 Å². The lowest BCUT2D eigenvalue weighted by atomic mass is 10.2. The number of aromatic nitrogens is 1. The lowest BCUT2D eigenvalue weighted by Gasteiger charge is -2.24. The predicted molar refractivity (Wildman–Crippen MR) is 128 cm³/mol. The van der Waals surface area contributed by atoms with Gasteiger partial charge in [0.1, 0.15) is 5.75 Å². The first kappa shape index (κ1) is 23.4. The van der Waals surface area contributed by atoms with Crippen molar-refractivity contribution in [3.05, 3.63) is 53.6 Å². The molecule has 2 aromatic carbocycles. The molecule has 0 atom stereocenters. The first-order chi connectivity index (χ1) is 14.7. The van der Waals surface area contributed by atoms with Crippen LogP contribution in [0, 0.1) is 13.8 Å². The lowest BCUT2D eigenvalue weighted by molar-refractivity contribution is -0.116. The van der Waals surface area contributed by atoms with Gasteiger partial charge in [-0.05, 0) is 56.8 Å². The average molecular weight is 460 g/mol. The van der Waals surface area contributed by atoms with Crippen molar-refractivity contribution in [2.45, 2.75) is 32.6 Å². The van der Waals surface area contributed by atoms with Gasteiger partial charge in [0.25, 0.3) is 0 Å². The standard InChI is InChI=1S/C23H29N3O3S2/c1-5-25(6-2)13-14-26(23-24-20-12-9-18(4)15-21(20)30-23)22(27)16-31(28,29)19-10-7-17(3)8-11-19/h7-12,15H,5-6,13-14,16H2,1-4H3. The molecular formula is C23H29N3O3S2. The average Bonchev–Trinajstić information content (AvgIpc) is 3.13. The number of carbonyl (C=O) groups is 1. The number of aryl methyl sites for hydroxylation is 2. The van der Waals surface area contributed by atoms with Gasteiger partial charge >= 0.3 is 0 Å². The smallest absolute Gasteiger partial charge is 0.244 e. The van der Waals surface area contributed by atoms with Gasteiger partial charge in [-0.1, -0.05) is 48.9 Å². The van der Waals surface area contributed by atoms with Crippen LogP contribution in [0.2, 0.25) is 0 Å². The van der Waals surface area contributed by atoms with E-state index in [0.717, 1.165) is 34.4 Å². The van der Waals surface area contributed by atoms with Crippen molar-refractivity contribution in [2.75, 3.05) is 36.8 Å². The highest BCUT2D eigenvalue weighted by atomic mass is 32.2. The van der Waals surface area contributed by atoms with Gasteiger partial charge in [0.05, 0.1) is 15.1 Å². The molecule has 3 rings (SSSR count). The normalized spacial score (nSPS) is 11.9. The van der Waals surface area contributed by atoms with E-state index in [9.17, 15) is 13.2 Å². The van der Waals surface area contributed by atoms with Gasteiger partial charge in [-0.2, -0.15) is 0 Å². The number of nitrogens with zero attached hydrogens (tertiary/aromatic N) is 3. The van der Waals surface area contributed by atoms with Gasteiger partial charge in [-0.15, -0.1) is 0 Å². The third-order valence-corrected chi connectivity index (χ3v) is 7.95. The van der Waals surface area contributed by atoms with Crippen molar-refractivity contribution in [1.82, 2.24) is 9.88 Å². The lowest BCUT2D eigenvalue weighted by Crippen LogP contribution is -2.41. The molecule has 0 N–H and O–H groups in total. The Bertz CT molecular complexity index is 1150. The second kappa shape index (κ2) is 9.89. The summed E-state index contributed by atoms with van der Waals surface area (Å²) in [6, 6.07) is 12.5. The number of rotatable bonds is 9. The molecular weight excluding hydrogens is 430 g/mol. The fraction of sp³-hybridized carbons (Fsp3) is 0.391. The van der Waals surface area contributed by atoms with Gasteiger partial charge < -0.3 is 4.90 Å². The van der Waals surface area contributed by atoms with Crippen molar-refractivity contribution in [1.29, 1.82) is 0 Å². The van der Waals surface area contributed by atoms with Gasteiger partial charge in [0, 0.05) is 13.1 Å². The molecule has 31 heavy (non-hydrogen) atoms. The summed E-state index contributed by atoms with van der Waals surface area (Å²) in [7, 11) is -3.74. The zero-order valence-corrected chi connectivity index (χ0v) is 20.1. The summed E-state index contributed by atoms with van der Waals surface area (Å²) >= 11 is 1.42. The van der Waals surface area contributed by atoms with Crippen LogP contribution in [-0.2, 0) is 14.6 Å². The first-order valence-corrected chi connectivity index (χ1v) is 12.9. The maximum atomic E-state index is 13.2. The molecule has 0 aliphatic rings. The molecule has 0 bridgehead atoms. The number of hydrogen-bond acceptors (Lipinski definition) is 6. The molecule has 1 aromatic heterocycles. The molecule has 0 saturated heterocycles. The zero-order valence-electron chi connectivity index (χ0n) is 18.5. The van der Waals surface area contributed by atoms with Crippen LogP contribution in [0.15, 0.2) is 47.4 Å². The van der Waals surface area contributed by atoms with E-state index >= 15 is 0 Å². The third kappa shape index (κ3) is 5.70. The molecule has 166 valence electrons. The summed E-state index contributed by atoms with van der Waals surface area (Å²) < 4.78 is 26.7. The summed E-state index contributed by atoms with van der Waals surface area (Å²) in [5, 5.41) is 0.539. The van der Waals surface area contributed by atoms with E-state index in [2.05, 4.69) is 23.7 Å². The van der Waals surface area contributed by atoms with Gasteiger partial charge in [-0.3, -0.25) is 9.69 Å². The number of sulfone groups is 1. The second-order valence-corrected chi connectivity index (χ2v) is 10.6. The number of benzene rings is 2. The highest BCUT2D eigenvalue weighted by molar-refractivity contribution is 7.92. The van der Waals surface area contributed by atoms with Crippen molar-refractivity contribution in [2.24, 2.45) is 0 Å². The van der Waals surface area contributed by atoms with Gasteiger partial charge in [-0.25, -0.2) is 13.4 Å². The van der Waals surface area contributed by atoms with Crippen LogP contribution >= 0.6 is 11.3 Å². The summed E-state index contributed by atoms with van der Waals surface area (Å²) in [6.07, 6.45) is 0. The highest BCUT2D eigenvalue weighted by Gasteiger charge is 2.26. The Balaban J connectivity index is 1.90. The number of fused-ring (bicyclic) bond motifs is 1. The Morgan fingerprint density at radius 3 is 2.26 bits per heavy atom. The number of thiazole rings is 1. The molecule has 6 nitrogen and oxygen atoms in total. The molecule has 0 radical (unpaired) electrons. The van der Waals surface area contributed by atoms with E-state index in [1.807, 2.05) is 32.0 Å². The number of anilines is 1. The van der Waals surface area contributed by atoms with Crippen molar-refractivity contribution in [3.8, 4) is 0 Å². The molecule has 0 saturated carbocycles. The minimum atomic E-state index is -3.74. The van der Waals surface area contributed by atoms with Crippen molar-refractivity contribution >= 4 is 42.4 Å². The molecule has 3 aromatic rings. The predicted octanol–water partition coefficient (Wildman–Crippen LogP) is 4.06. The number of amides is 1. The van der Waals surface area contributed by atoms with Crippen molar-refractivity contribution in [3.63, 3.8) is 0 Å². The fourth-order valence-electron chi connectivity index (χ4n) is 3.31. The summed E-state index contributed by atoms with van der Waals surface area (Å²) in [5.41, 5.74) is 2.90. The number of hydrogen-bond donors (Lipinski definition) is 0. The minimum Gasteiger partial charge on any atom is -0.302 e. The molecule has 0 unspecified atom stereocenters. The van der Waals surface area contributed by atoms with E-state index in [-0.39, 0.29) is 4.90 Å². The molecule has 0 spiro atoms. The van der Waals surface area contributed by atoms with Crippen LogP contribution in [-0.4, -0.2) is 56.1 Å². The maximum absolute atomic E-state index is 13.2. The molecule has 0 fully saturated rings. The molecule has 8 heteroatoms. The monoisotopic (exact) mass is 459 g/mol. The van der Waals surface area contributed by atoms with Gasteiger partial charge in [0.2, 0.25) is 5.91 Å². The number of likely N-dealkylation sites (N-methyl/N-ethyl adjacent to an activating group) is 1. The Hall–Kier alpha value is -2.29. The van der Waals surface area contributed by atoms with Crippen LogP contribution in [0.3, 0.4) is 0 Å². The SMILES string of the molecule is CCN(CC)CCN(C(=O)CS(=O)(=O)c1ccc(C)cc1)c1nc2ccc(C)cc2s1. The Morgan fingerprint density at radius 1 is 0.968 bits per heavy atom. The molecule has 1 heterocycles. The van der Waals surface area contributed by atoms with Crippen LogP contribution in [0.25, 0.3) is 10.2 Å². The Morgan fingerprint density at radius 2 is 1.61 bits per heavy atom. The van der Waals surface area contributed by atoms with E-state index in [0.29, 0.717) is 18.2 Å². The van der Waals surface area contributed by atoms with Crippen LogP contribution in [0.1, 0.15) is 25.0 Å².